The van der Waals surface area contributed by atoms with Crippen LogP contribution >= 0.6 is 11.6 Å². The van der Waals surface area contributed by atoms with Crippen molar-refractivity contribution < 1.29 is 9.53 Å². The molecule has 1 heterocycles. The van der Waals surface area contributed by atoms with E-state index >= 15 is 0 Å². The molecule has 0 spiro atoms. The first-order valence-corrected chi connectivity index (χ1v) is 6.02. The Labute approximate surface area is 106 Å². The number of Topliss-reactive ketones (excluding diaryl/α,β-unsaturated/α-hetero) is 1. The van der Waals surface area contributed by atoms with Gasteiger partial charge in [-0.2, -0.15) is 0 Å². The van der Waals surface area contributed by atoms with E-state index in [9.17, 15) is 4.79 Å². The third-order valence-electron chi connectivity index (χ3n) is 3.30. The van der Waals surface area contributed by atoms with Crippen LogP contribution in [-0.4, -0.2) is 26.0 Å². The lowest BCUT2D eigenvalue weighted by atomic mass is 9.87. The highest BCUT2D eigenvalue weighted by Gasteiger charge is 2.28. The molecule has 0 amide bonds. The van der Waals surface area contributed by atoms with Gasteiger partial charge < -0.3 is 10.1 Å². The summed E-state index contributed by atoms with van der Waals surface area (Å²) in [6.07, 6.45) is 0. The van der Waals surface area contributed by atoms with Crippen molar-refractivity contribution in [2.45, 2.75) is 19.8 Å². The number of benzene rings is 1. The topological polar surface area (TPSA) is 38.3 Å². The summed E-state index contributed by atoms with van der Waals surface area (Å²) in [5, 5.41) is 3.86. The van der Waals surface area contributed by atoms with Gasteiger partial charge in [-0.05, 0) is 25.5 Å². The Morgan fingerprint density at radius 1 is 1.53 bits per heavy atom. The molecule has 1 aliphatic heterocycles. The average molecular weight is 254 g/mol. The minimum atomic E-state index is -0.0164. The fourth-order valence-electron chi connectivity index (χ4n) is 2.21. The molecule has 17 heavy (non-hydrogen) atoms. The molecule has 1 N–H and O–H groups in total. The van der Waals surface area contributed by atoms with Gasteiger partial charge in [0.2, 0.25) is 0 Å². The number of methoxy groups -OCH3 is 1. The number of ether oxygens (including phenoxy) is 1. The summed E-state index contributed by atoms with van der Waals surface area (Å²) >= 11 is 6.19. The lowest BCUT2D eigenvalue weighted by molar-refractivity contribution is 0.101. The van der Waals surface area contributed by atoms with Crippen LogP contribution in [0.5, 0.6) is 5.75 Å². The van der Waals surface area contributed by atoms with Gasteiger partial charge in [-0.1, -0.05) is 11.6 Å². The van der Waals surface area contributed by atoms with E-state index in [4.69, 9.17) is 16.3 Å². The van der Waals surface area contributed by atoms with Gasteiger partial charge in [0.05, 0.1) is 12.7 Å². The second kappa shape index (κ2) is 4.67. The summed E-state index contributed by atoms with van der Waals surface area (Å²) in [5.74, 6) is 1.06. The zero-order chi connectivity index (χ0) is 12.6. The summed E-state index contributed by atoms with van der Waals surface area (Å²) in [6.45, 7) is 5.33. The zero-order valence-corrected chi connectivity index (χ0v) is 11.0. The fraction of sp³-hybridized carbons (Fsp3) is 0.462. The molecule has 0 unspecified atom stereocenters. The maximum atomic E-state index is 11.6. The molecule has 1 fully saturated rings. The summed E-state index contributed by atoms with van der Waals surface area (Å²) < 4.78 is 5.42. The highest BCUT2D eigenvalue weighted by atomic mass is 35.5. The lowest BCUT2D eigenvalue weighted by Crippen LogP contribution is -2.40. The highest BCUT2D eigenvalue weighted by molar-refractivity contribution is 6.32. The first kappa shape index (κ1) is 12.4. The first-order chi connectivity index (χ1) is 8.06. The average Bonchev–Trinajstić information content (AvgIpc) is 2.21. The van der Waals surface area contributed by atoms with Crippen LogP contribution in [0, 0.1) is 6.92 Å². The Morgan fingerprint density at radius 3 is 2.59 bits per heavy atom. The van der Waals surface area contributed by atoms with Gasteiger partial charge in [-0.3, -0.25) is 4.79 Å². The number of hydrogen-bond donors (Lipinski definition) is 1. The smallest absolute Gasteiger partial charge is 0.163 e. The van der Waals surface area contributed by atoms with E-state index in [1.54, 1.807) is 13.2 Å². The molecule has 92 valence electrons. The van der Waals surface area contributed by atoms with E-state index in [0.29, 0.717) is 22.3 Å². The summed E-state index contributed by atoms with van der Waals surface area (Å²) in [4.78, 5) is 11.6. The third-order valence-corrected chi connectivity index (χ3v) is 3.69. The number of hydrogen-bond acceptors (Lipinski definition) is 3. The van der Waals surface area contributed by atoms with Crippen LogP contribution in [0.25, 0.3) is 0 Å². The van der Waals surface area contributed by atoms with E-state index in [2.05, 4.69) is 5.32 Å². The third kappa shape index (κ3) is 2.05. The van der Waals surface area contributed by atoms with Gasteiger partial charge >= 0.3 is 0 Å². The SMILES string of the molecule is COc1c(C(C)=O)cc(Cl)c(C)c1C1CNC1. The van der Waals surface area contributed by atoms with E-state index < -0.39 is 0 Å². The van der Waals surface area contributed by atoms with Gasteiger partial charge in [0, 0.05) is 29.6 Å². The van der Waals surface area contributed by atoms with Crippen molar-refractivity contribution in [3.63, 3.8) is 0 Å². The van der Waals surface area contributed by atoms with Crippen LogP contribution in [0.3, 0.4) is 0 Å². The molecule has 0 bridgehead atoms. The maximum absolute atomic E-state index is 11.6. The van der Waals surface area contributed by atoms with E-state index in [1.165, 1.54) is 6.92 Å². The Hall–Kier alpha value is -1.06. The first-order valence-electron chi connectivity index (χ1n) is 5.65. The molecule has 0 atom stereocenters. The van der Waals surface area contributed by atoms with Crippen molar-refractivity contribution >= 4 is 17.4 Å². The molecule has 2 rings (SSSR count). The van der Waals surface area contributed by atoms with Crippen molar-refractivity contribution in [1.29, 1.82) is 0 Å². The van der Waals surface area contributed by atoms with Crippen LogP contribution in [-0.2, 0) is 0 Å². The molecule has 0 aliphatic carbocycles. The van der Waals surface area contributed by atoms with E-state index in [-0.39, 0.29) is 5.78 Å². The summed E-state index contributed by atoms with van der Waals surface area (Å²) in [5.41, 5.74) is 2.66. The van der Waals surface area contributed by atoms with Crippen LogP contribution in [0.4, 0.5) is 0 Å². The zero-order valence-electron chi connectivity index (χ0n) is 10.3. The maximum Gasteiger partial charge on any atom is 0.163 e. The van der Waals surface area contributed by atoms with Gasteiger partial charge in [-0.25, -0.2) is 0 Å². The van der Waals surface area contributed by atoms with Gasteiger partial charge in [-0.15, -0.1) is 0 Å². The number of carbonyl (C=O) groups is 1. The minimum absolute atomic E-state index is 0.0164. The van der Waals surface area contributed by atoms with Crippen molar-refractivity contribution in [2.24, 2.45) is 0 Å². The normalized spacial score (nSPS) is 15.5. The molecule has 1 aromatic carbocycles. The van der Waals surface area contributed by atoms with Crippen LogP contribution in [0.1, 0.15) is 34.3 Å². The predicted octanol–water partition coefficient (Wildman–Crippen LogP) is 2.55. The summed E-state index contributed by atoms with van der Waals surface area (Å²) in [6, 6.07) is 1.70. The summed E-state index contributed by atoms with van der Waals surface area (Å²) in [7, 11) is 1.60. The van der Waals surface area contributed by atoms with Crippen LogP contribution in [0.2, 0.25) is 5.02 Å². The van der Waals surface area contributed by atoms with Gasteiger partial charge in [0.1, 0.15) is 5.75 Å². The number of nitrogens with one attached hydrogen (secondary N) is 1. The highest BCUT2D eigenvalue weighted by Crippen LogP contribution is 2.38. The number of halogens is 1. The molecular weight excluding hydrogens is 238 g/mol. The largest absolute Gasteiger partial charge is 0.496 e. The molecule has 4 heteroatoms. The Kier molecular flexibility index (Phi) is 3.40. The lowest BCUT2D eigenvalue weighted by Gasteiger charge is -2.31. The second-order valence-corrected chi connectivity index (χ2v) is 4.80. The van der Waals surface area contributed by atoms with E-state index in [0.717, 1.165) is 24.2 Å². The second-order valence-electron chi connectivity index (χ2n) is 4.39. The Balaban J connectivity index is 2.64. The van der Waals surface area contributed by atoms with Crippen molar-refractivity contribution in [3.05, 3.63) is 27.8 Å². The molecular formula is C13H16ClNO2. The molecule has 0 saturated carbocycles. The standard InChI is InChI=1S/C13H16ClNO2/c1-7-11(14)4-10(8(2)16)13(17-3)12(7)9-5-15-6-9/h4,9,15H,5-6H2,1-3H3. The van der Waals surface area contributed by atoms with Crippen LogP contribution in [0.15, 0.2) is 6.07 Å². The predicted molar refractivity (Wildman–Crippen MR) is 68.4 cm³/mol. The molecule has 1 aliphatic rings. The molecule has 1 saturated heterocycles. The van der Waals surface area contributed by atoms with E-state index in [1.807, 2.05) is 6.92 Å². The molecule has 0 aromatic heterocycles. The van der Waals surface area contributed by atoms with Gasteiger partial charge in [0.25, 0.3) is 0 Å². The Morgan fingerprint density at radius 2 is 2.18 bits per heavy atom. The molecule has 1 aromatic rings. The van der Waals surface area contributed by atoms with Gasteiger partial charge in [0.15, 0.2) is 5.78 Å². The molecule has 3 nitrogen and oxygen atoms in total. The van der Waals surface area contributed by atoms with Crippen LogP contribution < -0.4 is 10.1 Å². The molecule has 0 radical (unpaired) electrons. The minimum Gasteiger partial charge on any atom is -0.496 e. The monoisotopic (exact) mass is 253 g/mol. The number of ketones is 1. The number of rotatable bonds is 3. The fourth-order valence-corrected chi connectivity index (χ4v) is 2.42. The van der Waals surface area contributed by atoms with Crippen molar-refractivity contribution in [2.75, 3.05) is 20.2 Å². The Bertz CT molecular complexity index is 467. The van der Waals surface area contributed by atoms with Crippen molar-refractivity contribution in [3.8, 4) is 5.75 Å². The quantitative estimate of drug-likeness (QED) is 0.842. The van der Waals surface area contributed by atoms with Crippen molar-refractivity contribution in [1.82, 2.24) is 5.32 Å². The number of carbonyl (C=O) groups excluding carboxylic acids is 1.